The molecule has 0 unspecified atom stereocenters. The first-order valence-electron chi connectivity index (χ1n) is 11.3. The number of anilines is 2. The highest BCUT2D eigenvalue weighted by molar-refractivity contribution is 6.06. The van der Waals surface area contributed by atoms with Crippen LogP contribution < -0.4 is 15.4 Å². The number of carbonyl (C=O) groups excluding carboxylic acids is 2. The van der Waals surface area contributed by atoms with Crippen molar-refractivity contribution in [3.05, 3.63) is 59.2 Å². The lowest BCUT2D eigenvalue weighted by Crippen LogP contribution is -2.45. The van der Waals surface area contributed by atoms with Crippen LogP contribution in [0.2, 0.25) is 0 Å². The summed E-state index contributed by atoms with van der Waals surface area (Å²) >= 11 is 0. The van der Waals surface area contributed by atoms with Gasteiger partial charge in [-0.2, -0.15) is 13.2 Å². The molecule has 1 fully saturated rings. The summed E-state index contributed by atoms with van der Waals surface area (Å²) in [7, 11) is 0. The van der Waals surface area contributed by atoms with Crippen molar-refractivity contribution < 1.29 is 27.5 Å². The lowest BCUT2D eigenvalue weighted by atomic mass is 9.72. The molecule has 6 nitrogen and oxygen atoms in total. The Hall–Kier alpha value is -3.49. The molecule has 0 aromatic heterocycles. The van der Waals surface area contributed by atoms with Crippen LogP contribution in [0, 0.1) is 0 Å². The number of nitrogens with zero attached hydrogens (tertiary/aromatic N) is 1. The fourth-order valence-electron chi connectivity index (χ4n) is 4.77. The van der Waals surface area contributed by atoms with E-state index in [1.54, 1.807) is 23.1 Å². The summed E-state index contributed by atoms with van der Waals surface area (Å²) in [5, 5.41) is 5.72. The number of halogens is 3. The zero-order valence-corrected chi connectivity index (χ0v) is 18.6. The van der Waals surface area contributed by atoms with E-state index in [2.05, 4.69) is 10.6 Å². The molecule has 3 aliphatic rings. The molecule has 2 N–H and O–H groups in total. The van der Waals surface area contributed by atoms with Crippen molar-refractivity contribution >= 4 is 28.9 Å². The van der Waals surface area contributed by atoms with Crippen molar-refractivity contribution in [3.63, 3.8) is 0 Å². The van der Waals surface area contributed by atoms with Crippen molar-refractivity contribution in [1.82, 2.24) is 4.90 Å². The van der Waals surface area contributed by atoms with Crippen molar-refractivity contribution in [2.45, 2.75) is 50.9 Å². The summed E-state index contributed by atoms with van der Waals surface area (Å²) in [6.07, 6.45) is -0.152. The van der Waals surface area contributed by atoms with E-state index >= 15 is 0 Å². The Balaban J connectivity index is 1.45. The molecule has 0 saturated heterocycles. The minimum atomic E-state index is -4.47. The Morgan fingerprint density at radius 3 is 2.74 bits per heavy atom. The second kappa shape index (κ2) is 8.07. The van der Waals surface area contributed by atoms with Crippen molar-refractivity contribution in [1.29, 1.82) is 0 Å². The number of benzene rings is 2. The number of fused-ring (bicyclic) bond motifs is 2. The lowest BCUT2D eigenvalue weighted by molar-refractivity contribution is -0.138. The van der Waals surface area contributed by atoms with Crippen LogP contribution in [-0.2, 0) is 17.5 Å². The Kier molecular flexibility index (Phi) is 5.30. The molecule has 9 heteroatoms. The van der Waals surface area contributed by atoms with Crippen LogP contribution in [0.25, 0.3) is 5.57 Å². The molecule has 2 heterocycles. The third-order valence-electron chi connectivity index (χ3n) is 6.76. The highest BCUT2D eigenvalue weighted by atomic mass is 19.4. The molecular formula is C25H24F3N3O3. The largest absolute Gasteiger partial charge is 0.486 e. The summed E-state index contributed by atoms with van der Waals surface area (Å²) in [5.74, 6) is -0.219. The number of carbonyl (C=O) groups is 2. The van der Waals surface area contributed by atoms with Gasteiger partial charge in [-0.05, 0) is 56.0 Å². The molecule has 0 atom stereocenters. The summed E-state index contributed by atoms with van der Waals surface area (Å²) in [4.78, 5) is 26.8. The average Bonchev–Trinajstić information content (AvgIpc) is 2.76. The number of ether oxygens (including phenoxy) is 1. The normalized spacial score (nSPS) is 19.6. The van der Waals surface area contributed by atoms with Gasteiger partial charge in [-0.25, -0.2) is 4.79 Å². The first-order valence-corrected chi connectivity index (χ1v) is 11.3. The number of urea groups is 1. The maximum absolute atomic E-state index is 13.2. The molecule has 2 aromatic rings. The predicted molar refractivity (Wildman–Crippen MR) is 121 cm³/mol. The first kappa shape index (κ1) is 22.3. The molecule has 2 aliphatic heterocycles. The zero-order valence-electron chi connectivity index (χ0n) is 18.6. The van der Waals surface area contributed by atoms with Gasteiger partial charge in [-0.3, -0.25) is 4.79 Å². The maximum Gasteiger partial charge on any atom is 0.416 e. The molecule has 1 aliphatic carbocycles. The van der Waals surface area contributed by atoms with Gasteiger partial charge < -0.3 is 20.3 Å². The van der Waals surface area contributed by atoms with Gasteiger partial charge in [0.1, 0.15) is 11.4 Å². The van der Waals surface area contributed by atoms with Crippen LogP contribution in [-0.4, -0.2) is 29.0 Å². The van der Waals surface area contributed by atoms with Crippen LogP contribution in [0.5, 0.6) is 5.75 Å². The van der Waals surface area contributed by atoms with E-state index in [0.29, 0.717) is 42.0 Å². The Labute approximate surface area is 194 Å². The van der Waals surface area contributed by atoms with Gasteiger partial charge in [0.15, 0.2) is 0 Å². The monoisotopic (exact) mass is 471 g/mol. The smallest absolute Gasteiger partial charge is 0.416 e. The highest BCUT2D eigenvalue weighted by Crippen LogP contribution is 2.50. The molecule has 2 aromatic carbocycles. The molecule has 1 saturated carbocycles. The van der Waals surface area contributed by atoms with Gasteiger partial charge in [-0.15, -0.1) is 0 Å². The van der Waals surface area contributed by atoms with E-state index in [9.17, 15) is 22.8 Å². The van der Waals surface area contributed by atoms with Crippen molar-refractivity contribution in [2.75, 3.05) is 17.2 Å². The van der Waals surface area contributed by atoms with Crippen LogP contribution in [0.15, 0.2) is 42.5 Å². The summed E-state index contributed by atoms with van der Waals surface area (Å²) in [6, 6.07) is 8.52. The molecule has 1 spiro atoms. The molecule has 178 valence electrons. The van der Waals surface area contributed by atoms with Crippen LogP contribution in [0.1, 0.15) is 49.3 Å². The Bertz CT molecular complexity index is 1200. The van der Waals surface area contributed by atoms with Crippen LogP contribution >= 0.6 is 0 Å². The number of amides is 3. The number of rotatable bonds is 3. The third-order valence-corrected chi connectivity index (χ3v) is 6.76. The van der Waals surface area contributed by atoms with Gasteiger partial charge in [0.25, 0.3) is 0 Å². The summed E-state index contributed by atoms with van der Waals surface area (Å²) in [6.45, 7) is 2.76. The van der Waals surface area contributed by atoms with E-state index in [1.807, 2.05) is 6.92 Å². The number of alkyl halides is 3. The Morgan fingerprint density at radius 1 is 1.26 bits per heavy atom. The van der Waals surface area contributed by atoms with E-state index in [1.165, 1.54) is 12.1 Å². The minimum Gasteiger partial charge on any atom is -0.486 e. The van der Waals surface area contributed by atoms with Crippen LogP contribution in [0.4, 0.5) is 29.3 Å². The van der Waals surface area contributed by atoms with E-state index < -0.39 is 17.3 Å². The summed E-state index contributed by atoms with van der Waals surface area (Å²) < 4.78 is 45.8. The van der Waals surface area contributed by atoms with Gasteiger partial charge in [0.05, 0.1) is 12.1 Å². The SMILES string of the molecule is CCN1Cc2c(NC(=O)/C=C3\CC4(CCC4)Oc4cc(C(F)(F)F)ccc43)cccc2NC1=O. The fraction of sp³-hybridized carbons (Fsp3) is 0.360. The van der Waals surface area contributed by atoms with Crippen LogP contribution in [0.3, 0.4) is 0 Å². The van der Waals surface area contributed by atoms with Gasteiger partial charge in [-0.1, -0.05) is 12.1 Å². The zero-order chi connectivity index (χ0) is 24.1. The lowest BCUT2D eigenvalue weighted by Gasteiger charge is -2.46. The van der Waals surface area contributed by atoms with Crippen molar-refractivity contribution in [3.8, 4) is 5.75 Å². The predicted octanol–water partition coefficient (Wildman–Crippen LogP) is 5.80. The molecule has 0 radical (unpaired) electrons. The number of hydrogen-bond donors (Lipinski definition) is 2. The maximum atomic E-state index is 13.2. The number of nitrogens with one attached hydrogen (secondary N) is 2. The third kappa shape index (κ3) is 3.99. The fourth-order valence-corrected chi connectivity index (χ4v) is 4.77. The van der Waals surface area contributed by atoms with Gasteiger partial charge >= 0.3 is 12.2 Å². The van der Waals surface area contributed by atoms with E-state index in [4.69, 9.17) is 4.74 Å². The molecule has 0 bridgehead atoms. The van der Waals surface area contributed by atoms with Crippen molar-refractivity contribution in [2.24, 2.45) is 0 Å². The van der Waals surface area contributed by atoms with E-state index in [0.717, 1.165) is 37.0 Å². The molecule has 3 amide bonds. The average molecular weight is 471 g/mol. The number of hydrogen-bond acceptors (Lipinski definition) is 3. The second-order valence-corrected chi connectivity index (χ2v) is 8.96. The first-order chi connectivity index (χ1) is 16.2. The highest BCUT2D eigenvalue weighted by Gasteiger charge is 2.44. The second-order valence-electron chi connectivity index (χ2n) is 8.96. The molecular weight excluding hydrogens is 447 g/mol. The van der Waals surface area contributed by atoms with Gasteiger partial charge in [0.2, 0.25) is 5.91 Å². The van der Waals surface area contributed by atoms with E-state index in [-0.39, 0.29) is 17.7 Å². The van der Waals surface area contributed by atoms with Gasteiger partial charge in [0, 0.05) is 41.5 Å². The standard InChI is InChI=1S/C25H24F3N3O3/c1-2-31-14-18-19(5-3-6-20(18)30-23(31)33)29-22(32)11-15-13-24(9-4-10-24)34-21-12-16(25(26,27)28)7-8-17(15)21/h3,5-8,11-12H,2,4,9-10,13-14H2,1H3,(H,29,32)(H,30,33)/b15-11+. The minimum absolute atomic E-state index is 0.165. The topological polar surface area (TPSA) is 70.7 Å². The molecule has 5 rings (SSSR count). The summed E-state index contributed by atoms with van der Waals surface area (Å²) in [5.41, 5.74) is 1.85. The quantitative estimate of drug-likeness (QED) is 0.556. The molecule has 34 heavy (non-hydrogen) atoms. The Morgan fingerprint density at radius 2 is 2.06 bits per heavy atom.